The maximum absolute atomic E-state index is 10.8. The van der Waals surface area contributed by atoms with Gasteiger partial charge in [0.25, 0.3) is 0 Å². The molecule has 74 valence electrons. The smallest absolute Gasteiger partial charge is 0.323 e. The summed E-state index contributed by atoms with van der Waals surface area (Å²) in [5.74, 6) is -1.24. The van der Waals surface area contributed by atoms with Crippen LogP contribution in [0.25, 0.3) is 0 Å². The number of amides is 1. The SMILES string of the molecule is NC(=O)CCNC1(C(=O)O)CCC1. The maximum Gasteiger partial charge on any atom is 0.323 e. The van der Waals surface area contributed by atoms with E-state index in [0.717, 1.165) is 6.42 Å². The summed E-state index contributed by atoms with van der Waals surface area (Å²) in [6, 6.07) is 0. The van der Waals surface area contributed by atoms with Crippen molar-refractivity contribution >= 4 is 11.9 Å². The summed E-state index contributed by atoms with van der Waals surface area (Å²) in [7, 11) is 0. The third-order valence-electron chi connectivity index (χ3n) is 2.45. The summed E-state index contributed by atoms with van der Waals surface area (Å²) >= 11 is 0. The topological polar surface area (TPSA) is 92.4 Å². The molecule has 0 aromatic rings. The number of nitrogens with two attached hydrogens (primary N) is 1. The Balaban J connectivity index is 2.32. The summed E-state index contributed by atoms with van der Waals surface area (Å²) in [5.41, 5.74) is 4.15. The van der Waals surface area contributed by atoms with E-state index in [0.29, 0.717) is 19.4 Å². The second kappa shape index (κ2) is 3.74. The Labute approximate surface area is 76.3 Å². The molecule has 1 amide bonds. The van der Waals surface area contributed by atoms with Gasteiger partial charge in [-0.1, -0.05) is 0 Å². The Hall–Kier alpha value is -1.10. The molecule has 1 fully saturated rings. The molecule has 5 heteroatoms. The standard InChI is InChI=1S/C8H14N2O3/c9-6(11)2-5-10-8(7(12)13)3-1-4-8/h10H,1-5H2,(H2,9,11)(H,12,13). The molecule has 1 aliphatic carbocycles. The first-order valence-electron chi connectivity index (χ1n) is 4.33. The van der Waals surface area contributed by atoms with Crippen molar-refractivity contribution < 1.29 is 14.7 Å². The number of aliphatic carboxylic acids is 1. The van der Waals surface area contributed by atoms with Crippen LogP contribution in [-0.2, 0) is 9.59 Å². The van der Waals surface area contributed by atoms with Crippen LogP contribution in [0.1, 0.15) is 25.7 Å². The van der Waals surface area contributed by atoms with E-state index in [4.69, 9.17) is 10.8 Å². The molecule has 13 heavy (non-hydrogen) atoms. The monoisotopic (exact) mass is 186 g/mol. The number of carboxylic acid groups (broad SMARTS) is 1. The van der Waals surface area contributed by atoms with Crippen molar-refractivity contribution in [3.05, 3.63) is 0 Å². The van der Waals surface area contributed by atoms with E-state index in [1.165, 1.54) is 0 Å². The maximum atomic E-state index is 10.8. The lowest BCUT2D eigenvalue weighted by atomic mass is 9.77. The van der Waals surface area contributed by atoms with Gasteiger partial charge in [-0.05, 0) is 19.3 Å². The van der Waals surface area contributed by atoms with Crippen LogP contribution in [0, 0.1) is 0 Å². The quantitative estimate of drug-likeness (QED) is 0.537. The third kappa shape index (κ3) is 2.18. The van der Waals surface area contributed by atoms with E-state index >= 15 is 0 Å². The van der Waals surface area contributed by atoms with Gasteiger partial charge in [-0.3, -0.25) is 9.59 Å². The normalized spacial score (nSPS) is 19.1. The first-order chi connectivity index (χ1) is 6.07. The van der Waals surface area contributed by atoms with Crippen molar-refractivity contribution in [3.8, 4) is 0 Å². The molecule has 0 saturated heterocycles. The van der Waals surface area contributed by atoms with Gasteiger partial charge in [0.15, 0.2) is 0 Å². The van der Waals surface area contributed by atoms with Gasteiger partial charge in [0.05, 0.1) is 0 Å². The fourth-order valence-corrected chi connectivity index (χ4v) is 1.42. The zero-order chi connectivity index (χ0) is 9.90. The molecule has 0 aromatic heterocycles. The highest BCUT2D eigenvalue weighted by atomic mass is 16.4. The van der Waals surface area contributed by atoms with E-state index in [1.807, 2.05) is 0 Å². The molecule has 4 N–H and O–H groups in total. The summed E-state index contributed by atoms with van der Waals surface area (Å²) in [5, 5.41) is 11.7. The number of hydrogen-bond donors (Lipinski definition) is 3. The van der Waals surface area contributed by atoms with Gasteiger partial charge in [0.1, 0.15) is 5.54 Å². The lowest BCUT2D eigenvalue weighted by Gasteiger charge is -2.38. The minimum Gasteiger partial charge on any atom is -0.480 e. The highest BCUT2D eigenvalue weighted by Crippen LogP contribution is 2.31. The van der Waals surface area contributed by atoms with Crippen LogP contribution < -0.4 is 11.1 Å². The average Bonchev–Trinajstić information content (AvgIpc) is 1.93. The zero-order valence-electron chi connectivity index (χ0n) is 7.38. The Bertz CT molecular complexity index is 223. The molecule has 0 unspecified atom stereocenters. The second-order valence-electron chi connectivity index (χ2n) is 3.38. The highest BCUT2D eigenvalue weighted by Gasteiger charge is 2.43. The van der Waals surface area contributed by atoms with Crippen molar-refractivity contribution in [1.29, 1.82) is 0 Å². The van der Waals surface area contributed by atoms with E-state index in [1.54, 1.807) is 0 Å². The minimum absolute atomic E-state index is 0.190. The molecule has 0 aliphatic heterocycles. The lowest BCUT2D eigenvalue weighted by Crippen LogP contribution is -2.57. The van der Waals surface area contributed by atoms with Crippen molar-refractivity contribution in [3.63, 3.8) is 0 Å². The van der Waals surface area contributed by atoms with E-state index < -0.39 is 17.4 Å². The van der Waals surface area contributed by atoms with Crippen molar-refractivity contribution in [2.45, 2.75) is 31.2 Å². The summed E-state index contributed by atoms with van der Waals surface area (Å²) in [4.78, 5) is 21.2. The molecule has 1 saturated carbocycles. The number of carboxylic acids is 1. The van der Waals surface area contributed by atoms with Gasteiger partial charge in [-0.15, -0.1) is 0 Å². The number of rotatable bonds is 5. The zero-order valence-corrected chi connectivity index (χ0v) is 7.38. The minimum atomic E-state index is -0.830. The fraction of sp³-hybridized carbons (Fsp3) is 0.750. The molecular weight excluding hydrogens is 172 g/mol. The van der Waals surface area contributed by atoms with Gasteiger partial charge < -0.3 is 16.2 Å². The van der Waals surface area contributed by atoms with Crippen molar-refractivity contribution in [1.82, 2.24) is 5.32 Å². The predicted octanol–water partition coefficient (Wildman–Crippen LogP) is -0.541. The van der Waals surface area contributed by atoms with Crippen LogP contribution in [-0.4, -0.2) is 29.1 Å². The summed E-state index contributed by atoms with van der Waals surface area (Å²) in [6.45, 7) is 0.349. The average molecular weight is 186 g/mol. The number of nitrogens with one attached hydrogen (secondary N) is 1. The van der Waals surface area contributed by atoms with Crippen LogP contribution in [0.3, 0.4) is 0 Å². The van der Waals surface area contributed by atoms with Gasteiger partial charge in [0.2, 0.25) is 5.91 Å². The third-order valence-corrected chi connectivity index (χ3v) is 2.45. The van der Waals surface area contributed by atoms with Crippen LogP contribution >= 0.6 is 0 Å². The number of carbonyl (C=O) groups is 2. The first-order valence-corrected chi connectivity index (χ1v) is 4.33. The lowest BCUT2D eigenvalue weighted by molar-refractivity contribution is -0.149. The molecule has 0 heterocycles. The number of primary amides is 1. The molecule has 0 bridgehead atoms. The van der Waals surface area contributed by atoms with Gasteiger partial charge >= 0.3 is 5.97 Å². The van der Waals surface area contributed by atoms with Gasteiger partial charge in [0, 0.05) is 13.0 Å². The van der Waals surface area contributed by atoms with Gasteiger partial charge in [-0.25, -0.2) is 0 Å². The van der Waals surface area contributed by atoms with Crippen LogP contribution in [0.2, 0.25) is 0 Å². The molecule has 1 aliphatic rings. The van der Waals surface area contributed by atoms with Crippen LogP contribution in [0.4, 0.5) is 0 Å². The fourth-order valence-electron chi connectivity index (χ4n) is 1.42. The first kappa shape index (κ1) is 9.98. The Kier molecular flexibility index (Phi) is 2.87. The van der Waals surface area contributed by atoms with E-state index in [-0.39, 0.29) is 6.42 Å². The predicted molar refractivity (Wildman–Crippen MR) is 46.0 cm³/mol. The summed E-state index contributed by atoms with van der Waals surface area (Å²) < 4.78 is 0. The molecule has 0 atom stereocenters. The summed E-state index contributed by atoms with van der Waals surface area (Å²) in [6.07, 6.45) is 2.40. The molecular formula is C8H14N2O3. The Morgan fingerprint density at radius 3 is 2.38 bits per heavy atom. The van der Waals surface area contributed by atoms with Crippen LogP contribution in [0.15, 0.2) is 0 Å². The molecule has 0 radical (unpaired) electrons. The number of hydrogen-bond acceptors (Lipinski definition) is 3. The van der Waals surface area contributed by atoms with Crippen molar-refractivity contribution in [2.24, 2.45) is 5.73 Å². The second-order valence-corrected chi connectivity index (χ2v) is 3.38. The van der Waals surface area contributed by atoms with E-state index in [9.17, 15) is 9.59 Å². The van der Waals surface area contributed by atoms with Gasteiger partial charge in [-0.2, -0.15) is 0 Å². The highest BCUT2D eigenvalue weighted by molar-refractivity contribution is 5.80. The molecule has 1 rings (SSSR count). The van der Waals surface area contributed by atoms with E-state index in [2.05, 4.69) is 5.32 Å². The molecule has 0 spiro atoms. The van der Waals surface area contributed by atoms with Crippen molar-refractivity contribution in [2.75, 3.05) is 6.54 Å². The Morgan fingerprint density at radius 1 is 1.46 bits per heavy atom. The Morgan fingerprint density at radius 2 is 2.08 bits per heavy atom. The molecule has 0 aromatic carbocycles. The van der Waals surface area contributed by atoms with Crippen LogP contribution in [0.5, 0.6) is 0 Å². The number of carbonyl (C=O) groups excluding carboxylic acids is 1. The largest absolute Gasteiger partial charge is 0.480 e. The molecule has 5 nitrogen and oxygen atoms in total.